The van der Waals surface area contributed by atoms with Crippen LogP contribution < -0.4 is 10.6 Å². The number of hydrogen-bond donors (Lipinski definition) is 2. The first-order valence-corrected chi connectivity index (χ1v) is 7.72. The second-order valence-electron chi connectivity index (χ2n) is 5.50. The lowest BCUT2D eigenvalue weighted by molar-refractivity contribution is -0.128. The third-order valence-corrected chi connectivity index (χ3v) is 4.37. The van der Waals surface area contributed by atoms with Gasteiger partial charge in [-0.15, -0.1) is 0 Å². The molecule has 1 atom stereocenters. The molecule has 1 amide bonds. The summed E-state index contributed by atoms with van der Waals surface area (Å²) in [5.41, 5.74) is 0.796. The first-order valence-electron chi connectivity index (χ1n) is 6.74. The molecule has 1 saturated heterocycles. The molecule has 0 spiro atoms. The van der Waals surface area contributed by atoms with E-state index in [1.165, 1.54) is 5.56 Å². The van der Waals surface area contributed by atoms with Gasteiger partial charge in [0.1, 0.15) is 0 Å². The summed E-state index contributed by atoms with van der Waals surface area (Å²) in [6, 6.07) is 10.7. The van der Waals surface area contributed by atoms with Crippen LogP contribution in [0.5, 0.6) is 0 Å². The highest BCUT2D eigenvalue weighted by Crippen LogP contribution is 2.26. The number of hydrogen-bond acceptors (Lipinski definition) is 3. The van der Waals surface area contributed by atoms with E-state index in [0.29, 0.717) is 12.6 Å². The maximum absolute atomic E-state index is 11.7. The predicted octanol–water partition coefficient (Wildman–Crippen LogP) is 2.19. The summed E-state index contributed by atoms with van der Waals surface area (Å²) in [6.45, 7) is 4.30. The number of carbonyl (C=O) groups is 1. The van der Waals surface area contributed by atoms with Crippen LogP contribution in [0.25, 0.3) is 0 Å². The van der Waals surface area contributed by atoms with Crippen molar-refractivity contribution in [1.82, 2.24) is 10.6 Å². The molecule has 108 valence electrons. The van der Waals surface area contributed by atoms with Gasteiger partial charge in [0.15, 0.2) is 5.17 Å². The Labute approximate surface area is 124 Å². The highest BCUT2D eigenvalue weighted by molar-refractivity contribution is 8.14. The van der Waals surface area contributed by atoms with E-state index in [-0.39, 0.29) is 5.91 Å². The van der Waals surface area contributed by atoms with Crippen molar-refractivity contribution in [2.75, 3.05) is 19.3 Å². The summed E-state index contributed by atoms with van der Waals surface area (Å²) in [7, 11) is 1.66. The smallest absolute Gasteiger partial charge is 0.227 e. The molecule has 5 heteroatoms. The number of carbonyl (C=O) groups excluding carboxylic acids is 1. The molecule has 0 aromatic heterocycles. The fourth-order valence-electron chi connectivity index (χ4n) is 2.03. The van der Waals surface area contributed by atoms with Crippen molar-refractivity contribution >= 4 is 22.8 Å². The molecule has 20 heavy (non-hydrogen) atoms. The molecule has 1 heterocycles. The molecule has 0 bridgehead atoms. The summed E-state index contributed by atoms with van der Waals surface area (Å²) >= 11 is 1.71. The third-order valence-electron chi connectivity index (χ3n) is 3.35. The average molecular weight is 291 g/mol. The van der Waals surface area contributed by atoms with Crippen LogP contribution in [-0.4, -0.2) is 30.4 Å². The zero-order valence-corrected chi connectivity index (χ0v) is 13.0. The van der Waals surface area contributed by atoms with Crippen LogP contribution in [0.15, 0.2) is 35.3 Å². The highest BCUT2D eigenvalue weighted by atomic mass is 32.2. The molecular formula is C15H21N3OS. The molecule has 2 N–H and O–H groups in total. The second-order valence-corrected chi connectivity index (χ2v) is 6.51. The van der Waals surface area contributed by atoms with Gasteiger partial charge in [0.05, 0.1) is 18.0 Å². The van der Waals surface area contributed by atoms with E-state index < -0.39 is 5.41 Å². The average Bonchev–Trinajstić information content (AvgIpc) is 2.94. The first kappa shape index (κ1) is 14.9. The van der Waals surface area contributed by atoms with Gasteiger partial charge in [0.25, 0.3) is 0 Å². The van der Waals surface area contributed by atoms with E-state index in [1.807, 2.05) is 32.0 Å². The number of benzene rings is 1. The molecule has 0 saturated carbocycles. The molecule has 0 radical (unpaired) electrons. The number of aliphatic imine (C=N–C) groups is 1. The molecular weight excluding hydrogens is 270 g/mol. The Balaban J connectivity index is 1.96. The molecule has 1 aliphatic heterocycles. The standard InChI is InChI=1S/C15H21N3OS/c1-15(2,13(19)16-3)10-17-14-18-12(9-20-14)11-7-5-4-6-8-11/h4-8,12H,9-10H2,1-3H3,(H,16,19)(H,17,18). The fourth-order valence-corrected chi connectivity index (χ4v) is 3.01. The summed E-state index contributed by atoms with van der Waals surface area (Å²) < 4.78 is 0. The topological polar surface area (TPSA) is 53.5 Å². The Morgan fingerprint density at radius 1 is 1.45 bits per heavy atom. The molecule has 1 aromatic carbocycles. The number of amides is 1. The van der Waals surface area contributed by atoms with Gasteiger partial charge < -0.3 is 10.6 Å². The molecule has 0 aliphatic carbocycles. The van der Waals surface area contributed by atoms with Crippen LogP contribution in [0.4, 0.5) is 0 Å². The molecule has 4 nitrogen and oxygen atoms in total. The van der Waals surface area contributed by atoms with Gasteiger partial charge in [-0.1, -0.05) is 42.1 Å². The quantitative estimate of drug-likeness (QED) is 0.894. The molecule has 1 aromatic rings. The van der Waals surface area contributed by atoms with Gasteiger partial charge in [0.2, 0.25) is 5.91 Å². The minimum atomic E-state index is -0.477. The van der Waals surface area contributed by atoms with Crippen LogP contribution >= 0.6 is 11.8 Å². The van der Waals surface area contributed by atoms with Crippen molar-refractivity contribution in [3.63, 3.8) is 0 Å². The first-order chi connectivity index (χ1) is 9.53. The highest BCUT2D eigenvalue weighted by Gasteiger charge is 2.28. The van der Waals surface area contributed by atoms with Gasteiger partial charge in [-0.25, -0.2) is 0 Å². The van der Waals surface area contributed by atoms with Gasteiger partial charge >= 0.3 is 0 Å². The van der Waals surface area contributed by atoms with Crippen LogP contribution in [0.3, 0.4) is 0 Å². The number of rotatable bonds is 4. The van der Waals surface area contributed by atoms with Gasteiger partial charge in [0, 0.05) is 12.8 Å². The van der Waals surface area contributed by atoms with E-state index in [0.717, 1.165) is 10.9 Å². The summed E-state index contributed by atoms with van der Waals surface area (Å²) in [5, 5.41) is 7.02. The van der Waals surface area contributed by atoms with Gasteiger partial charge in [-0.2, -0.15) is 0 Å². The van der Waals surface area contributed by atoms with Crippen molar-refractivity contribution in [3.8, 4) is 0 Å². The molecule has 2 rings (SSSR count). The predicted molar refractivity (Wildman–Crippen MR) is 84.9 cm³/mol. The SMILES string of the molecule is CNC(=O)C(C)(C)CN=C1NC(c2ccccc2)CS1. The minimum absolute atomic E-state index is 0.0180. The third kappa shape index (κ3) is 3.54. The van der Waals surface area contributed by atoms with Gasteiger partial charge in [-0.05, 0) is 19.4 Å². The van der Waals surface area contributed by atoms with E-state index in [4.69, 9.17) is 0 Å². The van der Waals surface area contributed by atoms with Crippen molar-refractivity contribution in [2.24, 2.45) is 10.4 Å². The Morgan fingerprint density at radius 3 is 2.80 bits per heavy atom. The fraction of sp³-hybridized carbons (Fsp3) is 0.467. The lowest BCUT2D eigenvalue weighted by atomic mass is 9.93. The van der Waals surface area contributed by atoms with Crippen LogP contribution in [-0.2, 0) is 4.79 Å². The molecule has 1 unspecified atom stereocenters. The number of thioether (sulfide) groups is 1. The summed E-state index contributed by atoms with van der Waals surface area (Å²) in [5.74, 6) is 0.993. The Kier molecular flexibility index (Phi) is 4.70. The number of amidine groups is 1. The van der Waals surface area contributed by atoms with Crippen LogP contribution in [0, 0.1) is 5.41 Å². The summed E-state index contributed by atoms with van der Waals surface area (Å²) in [6.07, 6.45) is 0. The number of nitrogens with zero attached hydrogens (tertiary/aromatic N) is 1. The monoisotopic (exact) mass is 291 g/mol. The van der Waals surface area contributed by atoms with E-state index in [9.17, 15) is 4.79 Å². The van der Waals surface area contributed by atoms with Crippen molar-refractivity contribution in [1.29, 1.82) is 0 Å². The van der Waals surface area contributed by atoms with E-state index in [1.54, 1.807) is 18.8 Å². The minimum Gasteiger partial charge on any atom is -0.359 e. The maximum atomic E-state index is 11.7. The van der Waals surface area contributed by atoms with Crippen LogP contribution in [0.1, 0.15) is 25.5 Å². The zero-order chi connectivity index (χ0) is 14.6. The van der Waals surface area contributed by atoms with Crippen molar-refractivity contribution in [3.05, 3.63) is 35.9 Å². The van der Waals surface area contributed by atoms with Crippen molar-refractivity contribution in [2.45, 2.75) is 19.9 Å². The molecule has 1 aliphatic rings. The lowest BCUT2D eigenvalue weighted by Crippen LogP contribution is -2.37. The zero-order valence-electron chi connectivity index (χ0n) is 12.1. The maximum Gasteiger partial charge on any atom is 0.227 e. The Morgan fingerprint density at radius 2 is 2.15 bits per heavy atom. The lowest BCUT2D eigenvalue weighted by Gasteiger charge is -2.20. The van der Waals surface area contributed by atoms with E-state index in [2.05, 4.69) is 27.8 Å². The number of nitrogens with one attached hydrogen (secondary N) is 2. The second kappa shape index (κ2) is 6.31. The Bertz CT molecular complexity index is 499. The largest absolute Gasteiger partial charge is 0.359 e. The van der Waals surface area contributed by atoms with Crippen LogP contribution in [0.2, 0.25) is 0 Å². The van der Waals surface area contributed by atoms with E-state index >= 15 is 0 Å². The Hall–Kier alpha value is -1.49. The summed E-state index contributed by atoms with van der Waals surface area (Å²) in [4.78, 5) is 16.3. The van der Waals surface area contributed by atoms with Gasteiger partial charge in [-0.3, -0.25) is 9.79 Å². The van der Waals surface area contributed by atoms with Crippen molar-refractivity contribution < 1.29 is 4.79 Å². The molecule has 1 fully saturated rings. The normalized spacial score (nSPS) is 20.8.